The van der Waals surface area contributed by atoms with E-state index in [0.717, 1.165) is 23.8 Å². The molecule has 4 atom stereocenters. The van der Waals surface area contributed by atoms with Crippen LogP contribution in [0.25, 0.3) is 0 Å². The molecule has 4 unspecified atom stereocenters. The van der Waals surface area contributed by atoms with Gasteiger partial charge < -0.3 is 4.98 Å². The second-order valence-corrected chi connectivity index (χ2v) is 14.1. The van der Waals surface area contributed by atoms with Crippen molar-refractivity contribution in [1.82, 2.24) is 9.88 Å². The van der Waals surface area contributed by atoms with E-state index in [1.54, 1.807) is 0 Å². The molecule has 3 rings (SSSR count). The molecule has 0 aromatic carbocycles. The number of nitrogens with zero attached hydrogens (tertiary/aromatic N) is 1. The number of fused-ring (bicyclic) bond motifs is 1. The molecule has 23 heavy (non-hydrogen) atoms. The topological polar surface area (TPSA) is 15.3 Å². The van der Waals surface area contributed by atoms with Crippen molar-refractivity contribution in [3.8, 4) is 0 Å². The van der Waals surface area contributed by atoms with Crippen molar-refractivity contribution in [2.75, 3.05) is 13.1 Å². The van der Waals surface area contributed by atoms with E-state index < -0.39 is 8.24 Å². The summed E-state index contributed by atoms with van der Waals surface area (Å²) in [4.78, 5) is 6.78. The van der Waals surface area contributed by atoms with Gasteiger partial charge in [0, 0.05) is 11.6 Å². The monoisotopic (exact) mass is 332 g/mol. The Labute approximate surface area is 144 Å². The van der Waals surface area contributed by atoms with Crippen molar-refractivity contribution in [2.24, 2.45) is 17.8 Å². The van der Waals surface area contributed by atoms with Gasteiger partial charge in [0.25, 0.3) is 0 Å². The lowest BCUT2D eigenvalue weighted by molar-refractivity contribution is 0.210. The maximum Gasteiger partial charge on any atom is 0.120 e. The van der Waals surface area contributed by atoms with Gasteiger partial charge in [0.2, 0.25) is 0 Å². The molecule has 0 aromatic rings. The first-order valence-electron chi connectivity index (χ1n) is 9.64. The van der Waals surface area contributed by atoms with Crippen LogP contribution in [-0.4, -0.2) is 37.8 Å². The highest BCUT2D eigenvalue weighted by Crippen LogP contribution is 2.47. The number of rotatable bonds is 4. The summed E-state index contributed by atoms with van der Waals surface area (Å²) in [5, 5.41) is 0. The van der Waals surface area contributed by atoms with Gasteiger partial charge in [-0.05, 0) is 76.9 Å². The Kier molecular flexibility index (Phi) is 4.92. The summed E-state index contributed by atoms with van der Waals surface area (Å²) in [6.07, 6.45) is 13.8. The molecular weight excluding hydrogens is 296 g/mol. The molecule has 3 heteroatoms. The Morgan fingerprint density at radius 1 is 1.04 bits per heavy atom. The second-order valence-electron chi connectivity index (χ2n) is 9.69. The second kappa shape index (κ2) is 6.49. The number of hydrogen-bond acceptors (Lipinski definition) is 2. The first-order valence-corrected chi connectivity index (χ1v) is 12.8. The van der Waals surface area contributed by atoms with E-state index in [1.807, 2.05) is 0 Å². The minimum absolute atomic E-state index is 0.240. The Morgan fingerprint density at radius 3 is 2.26 bits per heavy atom. The quantitative estimate of drug-likeness (QED) is 0.767. The summed E-state index contributed by atoms with van der Waals surface area (Å²) in [6.45, 7) is 14.7. The predicted molar refractivity (Wildman–Crippen MR) is 103 cm³/mol. The molecule has 0 radical (unpaired) electrons. The van der Waals surface area contributed by atoms with E-state index >= 15 is 0 Å². The normalized spacial score (nSPS) is 35.0. The summed E-state index contributed by atoms with van der Waals surface area (Å²) in [5.41, 5.74) is 0.240. The summed E-state index contributed by atoms with van der Waals surface area (Å²) < 4.78 is 0. The molecule has 1 saturated carbocycles. The van der Waals surface area contributed by atoms with Crippen LogP contribution in [0.5, 0.6) is 0 Å². The molecule has 2 aliphatic carbocycles. The fourth-order valence-corrected chi connectivity index (χ4v) is 9.41. The third kappa shape index (κ3) is 4.18. The molecule has 130 valence electrons. The van der Waals surface area contributed by atoms with E-state index in [2.05, 4.69) is 68.1 Å². The van der Waals surface area contributed by atoms with Crippen LogP contribution in [0.1, 0.15) is 40.0 Å². The maximum absolute atomic E-state index is 3.99. The van der Waals surface area contributed by atoms with Crippen LogP contribution in [0.15, 0.2) is 24.3 Å². The van der Waals surface area contributed by atoms with Crippen molar-refractivity contribution in [3.05, 3.63) is 24.3 Å². The van der Waals surface area contributed by atoms with Crippen molar-refractivity contribution in [1.29, 1.82) is 0 Å². The van der Waals surface area contributed by atoms with Gasteiger partial charge in [-0.1, -0.05) is 37.4 Å². The molecule has 0 aromatic heterocycles. The third-order valence-electron chi connectivity index (χ3n) is 5.85. The van der Waals surface area contributed by atoms with Crippen molar-refractivity contribution >= 4 is 8.24 Å². The number of allylic oxidation sites excluding steroid dienone is 3. The third-order valence-corrected chi connectivity index (χ3v) is 8.82. The average molecular weight is 333 g/mol. The minimum atomic E-state index is -1.38. The lowest BCUT2D eigenvalue weighted by Gasteiger charge is -2.36. The van der Waals surface area contributed by atoms with Crippen LogP contribution < -0.4 is 4.98 Å². The van der Waals surface area contributed by atoms with Gasteiger partial charge >= 0.3 is 0 Å². The largest absolute Gasteiger partial charge is 0.333 e. The zero-order valence-corrected chi connectivity index (χ0v) is 16.8. The van der Waals surface area contributed by atoms with E-state index in [0.29, 0.717) is 0 Å². The zero-order chi connectivity index (χ0) is 16.7. The fraction of sp³-hybridized carbons (Fsp3) is 0.800. The van der Waals surface area contributed by atoms with Gasteiger partial charge in [0.15, 0.2) is 0 Å². The molecule has 0 amide bonds. The fourth-order valence-electron chi connectivity index (χ4n) is 5.53. The maximum atomic E-state index is 3.99. The van der Waals surface area contributed by atoms with Crippen molar-refractivity contribution in [3.63, 3.8) is 0 Å². The Bertz CT molecular complexity index is 469. The predicted octanol–water partition coefficient (Wildman–Crippen LogP) is 4.42. The lowest BCUT2D eigenvalue weighted by atomic mass is 9.86. The molecule has 1 heterocycles. The summed E-state index contributed by atoms with van der Waals surface area (Å²) in [6, 6.07) is 2.21. The molecular formula is C20H36N2Si. The van der Waals surface area contributed by atoms with Gasteiger partial charge in [-0.3, -0.25) is 4.90 Å². The van der Waals surface area contributed by atoms with Gasteiger partial charge in [-0.2, -0.15) is 0 Å². The Balaban J connectivity index is 1.72. The van der Waals surface area contributed by atoms with Crippen LogP contribution in [0.3, 0.4) is 0 Å². The zero-order valence-electron chi connectivity index (χ0n) is 15.8. The first kappa shape index (κ1) is 17.4. The van der Waals surface area contributed by atoms with Crippen molar-refractivity contribution in [2.45, 2.75) is 70.8 Å². The number of hydrogen-bond donors (Lipinski definition) is 1. The highest BCUT2D eigenvalue weighted by Gasteiger charge is 2.46. The SMILES string of the molecule is CC(C)(C)N[Si](C)(C)CC1CC(N2CCCC2)C2C=CC=CC12. The van der Waals surface area contributed by atoms with Crippen molar-refractivity contribution < 1.29 is 0 Å². The molecule has 3 aliphatic rings. The Morgan fingerprint density at radius 2 is 1.65 bits per heavy atom. The van der Waals surface area contributed by atoms with Gasteiger partial charge in [0.05, 0.1) is 0 Å². The molecule has 0 spiro atoms. The summed E-state index contributed by atoms with van der Waals surface area (Å²) in [7, 11) is -1.38. The van der Waals surface area contributed by atoms with Crippen LogP contribution in [0.2, 0.25) is 19.1 Å². The molecule has 1 saturated heterocycles. The molecule has 1 N–H and O–H groups in total. The molecule has 1 aliphatic heterocycles. The molecule has 2 fully saturated rings. The molecule has 0 bridgehead atoms. The van der Waals surface area contributed by atoms with Crippen LogP contribution in [0, 0.1) is 17.8 Å². The summed E-state index contributed by atoms with van der Waals surface area (Å²) in [5.74, 6) is 2.41. The first-order chi connectivity index (χ1) is 10.8. The lowest BCUT2D eigenvalue weighted by Crippen LogP contribution is -2.55. The van der Waals surface area contributed by atoms with Gasteiger partial charge in [0.1, 0.15) is 8.24 Å². The summed E-state index contributed by atoms with van der Waals surface area (Å²) >= 11 is 0. The standard InChI is InChI=1S/C20H36N2Si/c1-20(2,3)21-23(4,5)15-16-14-19(22-12-8-9-13-22)18-11-7-6-10-17(16)18/h6-7,10-11,16-19,21H,8-9,12-15H2,1-5H3. The smallest absolute Gasteiger partial charge is 0.120 e. The van der Waals surface area contributed by atoms with E-state index in [9.17, 15) is 0 Å². The number of likely N-dealkylation sites (tertiary alicyclic amines) is 1. The Hall–Kier alpha value is -0.383. The minimum Gasteiger partial charge on any atom is -0.333 e. The van der Waals surface area contributed by atoms with Gasteiger partial charge in [-0.15, -0.1) is 0 Å². The van der Waals surface area contributed by atoms with E-state index in [1.165, 1.54) is 38.4 Å². The highest BCUT2D eigenvalue weighted by atomic mass is 28.3. The van der Waals surface area contributed by atoms with Crippen LogP contribution in [-0.2, 0) is 0 Å². The van der Waals surface area contributed by atoms with Gasteiger partial charge in [-0.25, -0.2) is 0 Å². The highest BCUT2D eigenvalue weighted by molar-refractivity contribution is 6.75. The van der Waals surface area contributed by atoms with Crippen LogP contribution >= 0.6 is 0 Å². The molecule has 2 nitrogen and oxygen atoms in total. The average Bonchev–Trinajstić information content (AvgIpc) is 3.04. The van der Waals surface area contributed by atoms with E-state index in [4.69, 9.17) is 0 Å². The van der Waals surface area contributed by atoms with E-state index in [-0.39, 0.29) is 5.54 Å². The van der Waals surface area contributed by atoms with Crippen LogP contribution in [0.4, 0.5) is 0 Å². The number of nitrogens with one attached hydrogen (secondary N) is 1.